The van der Waals surface area contributed by atoms with E-state index in [4.69, 9.17) is 4.98 Å². The van der Waals surface area contributed by atoms with Gasteiger partial charge >= 0.3 is 0 Å². The molecule has 0 N–H and O–H groups in total. The predicted molar refractivity (Wildman–Crippen MR) is 132 cm³/mol. The Morgan fingerprint density at radius 3 is 2.21 bits per heavy atom. The average molecular weight is 441 g/mol. The molecule has 1 amide bonds. The molecule has 0 radical (unpaired) electrons. The van der Waals surface area contributed by atoms with Gasteiger partial charge in [-0.1, -0.05) is 60.7 Å². The summed E-state index contributed by atoms with van der Waals surface area (Å²) < 4.78 is 0. The molecule has 0 aliphatic carbocycles. The maximum absolute atomic E-state index is 13.4. The van der Waals surface area contributed by atoms with Gasteiger partial charge in [0.1, 0.15) is 11.4 Å². The molecule has 170 valence electrons. The number of anilines is 1. The Labute approximate surface area is 196 Å². The molecule has 1 aromatic heterocycles. The Morgan fingerprint density at radius 1 is 0.848 bits per heavy atom. The van der Waals surface area contributed by atoms with Crippen LogP contribution in [0, 0.1) is 5.92 Å². The largest absolute Gasteiger partial charge is 0.356 e. The highest BCUT2D eigenvalue weighted by Gasteiger charge is 2.28. The van der Waals surface area contributed by atoms with E-state index in [1.54, 1.807) is 6.20 Å². The number of benzene rings is 2. The van der Waals surface area contributed by atoms with Crippen LogP contribution in [0.3, 0.4) is 0 Å². The van der Waals surface area contributed by atoms with Gasteiger partial charge < -0.3 is 9.80 Å². The molecule has 5 heteroatoms. The van der Waals surface area contributed by atoms with E-state index in [-0.39, 0.29) is 5.91 Å². The first-order valence-electron chi connectivity index (χ1n) is 12.3. The number of rotatable bonds is 5. The number of carbonyl (C=O) groups is 1. The second-order valence-electron chi connectivity index (χ2n) is 9.27. The van der Waals surface area contributed by atoms with Gasteiger partial charge in [0.2, 0.25) is 0 Å². The number of hydrogen-bond acceptors (Lipinski definition) is 4. The number of likely N-dealkylation sites (tertiary alicyclic amines) is 1. The lowest BCUT2D eigenvalue weighted by Crippen LogP contribution is -2.39. The van der Waals surface area contributed by atoms with Crippen LogP contribution < -0.4 is 4.90 Å². The van der Waals surface area contributed by atoms with Gasteiger partial charge in [-0.25, -0.2) is 9.97 Å². The number of amides is 1. The summed E-state index contributed by atoms with van der Waals surface area (Å²) in [5.74, 6) is 2.24. The van der Waals surface area contributed by atoms with Crippen molar-refractivity contribution < 1.29 is 4.79 Å². The van der Waals surface area contributed by atoms with E-state index in [1.165, 1.54) is 12.0 Å². The first kappa shape index (κ1) is 21.6. The Balaban J connectivity index is 1.38. The van der Waals surface area contributed by atoms with Crippen LogP contribution in [0.4, 0.5) is 5.82 Å². The molecule has 2 aromatic carbocycles. The van der Waals surface area contributed by atoms with Crippen molar-refractivity contribution in [2.75, 3.05) is 31.1 Å². The van der Waals surface area contributed by atoms with Crippen LogP contribution in [-0.2, 0) is 6.42 Å². The monoisotopic (exact) mass is 440 g/mol. The van der Waals surface area contributed by atoms with Crippen LogP contribution in [-0.4, -0.2) is 47.0 Å². The Morgan fingerprint density at radius 2 is 1.52 bits per heavy atom. The van der Waals surface area contributed by atoms with Crippen molar-refractivity contribution in [3.63, 3.8) is 0 Å². The molecule has 0 atom stereocenters. The number of aromatic nitrogens is 2. The maximum Gasteiger partial charge on any atom is 0.259 e. The summed E-state index contributed by atoms with van der Waals surface area (Å²) in [5, 5.41) is 0. The molecular weight excluding hydrogens is 408 g/mol. The molecule has 3 aromatic rings. The fraction of sp³-hybridized carbons (Fsp3) is 0.393. The second-order valence-corrected chi connectivity index (χ2v) is 9.27. The summed E-state index contributed by atoms with van der Waals surface area (Å²) in [7, 11) is 0. The highest BCUT2D eigenvalue weighted by Crippen LogP contribution is 2.29. The topological polar surface area (TPSA) is 49.3 Å². The van der Waals surface area contributed by atoms with Crippen molar-refractivity contribution in [2.45, 2.75) is 38.5 Å². The van der Waals surface area contributed by atoms with E-state index in [2.05, 4.69) is 40.2 Å². The molecule has 2 fully saturated rings. The van der Waals surface area contributed by atoms with Gasteiger partial charge in [-0.2, -0.15) is 0 Å². The molecule has 5 rings (SSSR count). The molecule has 0 unspecified atom stereocenters. The van der Waals surface area contributed by atoms with Crippen molar-refractivity contribution in [1.82, 2.24) is 14.9 Å². The van der Waals surface area contributed by atoms with Crippen LogP contribution in [0.15, 0.2) is 66.9 Å². The number of hydrogen-bond donors (Lipinski definition) is 0. The van der Waals surface area contributed by atoms with Crippen LogP contribution in [0.2, 0.25) is 0 Å². The molecule has 0 saturated carbocycles. The maximum atomic E-state index is 13.4. The third-order valence-corrected chi connectivity index (χ3v) is 6.96. The number of piperidine rings is 2. The molecule has 0 bridgehead atoms. The zero-order chi connectivity index (χ0) is 22.5. The Kier molecular flexibility index (Phi) is 6.66. The highest BCUT2D eigenvalue weighted by molar-refractivity contribution is 5.99. The Hall–Kier alpha value is -3.21. The van der Waals surface area contributed by atoms with Gasteiger partial charge in [-0.05, 0) is 50.0 Å². The van der Waals surface area contributed by atoms with E-state index in [1.807, 2.05) is 35.2 Å². The van der Waals surface area contributed by atoms with Crippen molar-refractivity contribution in [1.29, 1.82) is 0 Å². The lowest BCUT2D eigenvalue weighted by Gasteiger charge is -2.35. The fourth-order valence-corrected chi connectivity index (χ4v) is 5.05. The van der Waals surface area contributed by atoms with E-state index in [0.29, 0.717) is 17.3 Å². The molecule has 2 aliphatic rings. The Bertz CT molecular complexity index is 1060. The minimum Gasteiger partial charge on any atom is -0.356 e. The fourth-order valence-electron chi connectivity index (χ4n) is 5.05. The lowest BCUT2D eigenvalue weighted by molar-refractivity contribution is 0.0724. The van der Waals surface area contributed by atoms with Crippen LogP contribution in [0.25, 0.3) is 11.4 Å². The van der Waals surface area contributed by atoms with E-state index >= 15 is 0 Å². The summed E-state index contributed by atoms with van der Waals surface area (Å²) in [6, 6.07) is 20.8. The number of nitrogens with zero attached hydrogens (tertiary/aromatic N) is 4. The van der Waals surface area contributed by atoms with Gasteiger partial charge in [0.15, 0.2) is 5.82 Å². The average Bonchev–Trinajstić information content (AvgIpc) is 2.90. The molecule has 2 aliphatic heterocycles. The zero-order valence-electron chi connectivity index (χ0n) is 19.2. The van der Waals surface area contributed by atoms with Crippen LogP contribution >= 0.6 is 0 Å². The van der Waals surface area contributed by atoms with E-state index in [9.17, 15) is 4.79 Å². The molecule has 33 heavy (non-hydrogen) atoms. The van der Waals surface area contributed by atoms with Gasteiger partial charge in [0.05, 0.1) is 0 Å². The minimum absolute atomic E-state index is 0.0794. The van der Waals surface area contributed by atoms with Crippen molar-refractivity contribution in [3.8, 4) is 11.4 Å². The molecule has 2 saturated heterocycles. The lowest BCUT2D eigenvalue weighted by atomic mass is 9.90. The third-order valence-electron chi connectivity index (χ3n) is 6.96. The summed E-state index contributed by atoms with van der Waals surface area (Å²) in [5.41, 5.74) is 3.04. The molecule has 3 heterocycles. The first-order chi connectivity index (χ1) is 16.3. The van der Waals surface area contributed by atoms with Gasteiger partial charge in [0.25, 0.3) is 5.91 Å². The van der Waals surface area contributed by atoms with E-state index < -0.39 is 0 Å². The second kappa shape index (κ2) is 10.2. The molecule has 0 spiro atoms. The summed E-state index contributed by atoms with van der Waals surface area (Å²) >= 11 is 0. The molecular formula is C28H32N4O. The first-order valence-corrected chi connectivity index (χ1v) is 12.3. The van der Waals surface area contributed by atoms with Gasteiger partial charge in [-0.3, -0.25) is 4.79 Å². The highest BCUT2D eigenvalue weighted by atomic mass is 16.2. The predicted octanol–water partition coefficient (Wildman–Crippen LogP) is 5.23. The quantitative estimate of drug-likeness (QED) is 0.545. The molecule has 5 nitrogen and oxygen atoms in total. The summed E-state index contributed by atoms with van der Waals surface area (Å²) in [4.78, 5) is 27.3. The van der Waals surface area contributed by atoms with E-state index in [0.717, 1.165) is 69.7 Å². The summed E-state index contributed by atoms with van der Waals surface area (Å²) in [6.45, 7) is 3.50. The third kappa shape index (κ3) is 5.08. The minimum atomic E-state index is 0.0794. The van der Waals surface area contributed by atoms with Crippen molar-refractivity contribution in [3.05, 3.63) is 78.0 Å². The normalized spacial score (nSPS) is 17.2. The standard InChI is InChI=1S/C28H32N4O/c33-28(32-16-8-3-9-17-32)25-21-29-26(24-12-6-2-7-13-24)30-27(25)31-18-14-23(15-19-31)20-22-10-4-1-5-11-22/h1-2,4-7,10-13,21,23H,3,8-9,14-20H2. The van der Waals surface area contributed by atoms with Crippen LogP contribution in [0.5, 0.6) is 0 Å². The SMILES string of the molecule is O=C(c1cnc(-c2ccccc2)nc1N1CCC(Cc2ccccc2)CC1)N1CCCCC1. The van der Waals surface area contributed by atoms with Crippen LogP contribution in [0.1, 0.15) is 48.0 Å². The van der Waals surface area contributed by atoms with Gasteiger partial charge in [-0.15, -0.1) is 0 Å². The number of carbonyl (C=O) groups excluding carboxylic acids is 1. The zero-order valence-corrected chi connectivity index (χ0v) is 19.2. The van der Waals surface area contributed by atoms with Gasteiger partial charge in [0, 0.05) is 37.9 Å². The smallest absolute Gasteiger partial charge is 0.259 e. The van der Waals surface area contributed by atoms with Crippen molar-refractivity contribution in [2.24, 2.45) is 5.92 Å². The van der Waals surface area contributed by atoms with Crippen molar-refractivity contribution >= 4 is 11.7 Å². The summed E-state index contributed by atoms with van der Waals surface area (Å²) in [6.07, 6.45) is 8.46.